The van der Waals surface area contributed by atoms with Gasteiger partial charge in [-0.1, -0.05) is 0 Å². The minimum atomic E-state index is -1.13. The average molecular weight is 215 g/mol. The number of hydrogen-bond acceptors (Lipinski definition) is 3. The van der Waals surface area contributed by atoms with Gasteiger partial charge in [-0.25, -0.2) is 4.79 Å². The third kappa shape index (κ3) is 2.83. The van der Waals surface area contributed by atoms with E-state index in [1.54, 1.807) is 0 Å². The summed E-state index contributed by atoms with van der Waals surface area (Å²) in [5.41, 5.74) is 5.10. The number of carbonyl (C=O) groups is 3. The first-order valence-corrected chi connectivity index (χ1v) is 4.58. The summed E-state index contributed by atoms with van der Waals surface area (Å²) in [7, 11) is 0. The number of nitrogens with two attached hydrogens (primary N) is 1. The van der Waals surface area contributed by atoms with Gasteiger partial charge < -0.3 is 21.1 Å². The molecule has 15 heavy (non-hydrogen) atoms. The highest BCUT2D eigenvalue weighted by Crippen LogP contribution is 2.16. The molecule has 0 bridgehead atoms. The van der Waals surface area contributed by atoms with Crippen LogP contribution in [0.4, 0.5) is 4.79 Å². The molecule has 7 heteroatoms. The third-order valence-electron chi connectivity index (χ3n) is 2.23. The molecule has 1 aliphatic rings. The van der Waals surface area contributed by atoms with E-state index in [1.165, 1.54) is 4.90 Å². The number of nitrogens with one attached hydrogen (secondary N) is 1. The summed E-state index contributed by atoms with van der Waals surface area (Å²) in [5.74, 6) is -1.68. The lowest BCUT2D eigenvalue weighted by Crippen LogP contribution is -2.49. The second kappa shape index (κ2) is 4.63. The number of rotatable bonds is 3. The zero-order valence-electron chi connectivity index (χ0n) is 8.10. The average Bonchev–Trinajstić information content (AvgIpc) is 2.62. The predicted molar refractivity (Wildman–Crippen MR) is 50.0 cm³/mol. The summed E-state index contributed by atoms with van der Waals surface area (Å²) in [4.78, 5) is 33.8. The SMILES string of the molecule is NC(=O)C1CCCN1C(=O)NCC(=O)O. The van der Waals surface area contributed by atoms with Crippen LogP contribution in [0.5, 0.6) is 0 Å². The van der Waals surface area contributed by atoms with Gasteiger partial charge in [-0.15, -0.1) is 0 Å². The number of nitrogens with zero attached hydrogens (tertiary/aromatic N) is 1. The Kier molecular flexibility index (Phi) is 3.48. The molecule has 84 valence electrons. The number of hydrogen-bond donors (Lipinski definition) is 3. The molecule has 0 radical (unpaired) electrons. The highest BCUT2D eigenvalue weighted by Gasteiger charge is 2.32. The molecule has 1 heterocycles. The fraction of sp³-hybridized carbons (Fsp3) is 0.625. The van der Waals surface area contributed by atoms with Crippen molar-refractivity contribution < 1.29 is 19.5 Å². The van der Waals surface area contributed by atoms with Gasteiger partial charge in [-0.05, 0) is 12.8 Å². The van der Waals surface area contributed by atoms with Crippen LogP contribution >= 0.6 is 0 Å². The fourth-order valence-corrected chi connectivity index (χ4v) is 1.56. The van der Waals surface area contributed by atoms with Gasteiger partial charge >= 0.3 is 12.0 Å². The maximum Gasteiger partial charge on any atom is 0.323 e. The lowest BCUT2D eigenvalue weighted by molar-refractivity contribution is -0.135. The Morgan fingerprint density at radius 1 is 1.47 bits per heavy atom. The van der Waals surface area contributed by atoms with E-state index < -0.39 is 30.5 Å². The van der Waals surface area contributed by atoms with Gasteiger partial charge in [0.1, 0.15) is 12.6 Å². The van der Waals surface area contributed by atoms with Gasteiger partial charge in [0.2, 0.25) is 5.91 Å². The molecule has 0 saturated carbocycles. The van der Waals surface area contributed by atoms with Crippen LogP contribution < -0.4 is 11.1 Å². The Labute approximate surface area is 86.2 Å². The van der Waals surface area contributed by atoms with Crippen molar-refractivity contribution in [3.63, 3.8) is 0 Å². The molecular weight excluding hydrogens is 202 g/mol. The molecule has 1 saturated heterocycles. The van der Waals surface area contributed by atoms with Crippen molar-refractivity contribution in [3.8, 4) is 0 Å². The lowest BCUT2D eigenvalue weighted by Gasteiger charge is -2.21. The number of likely N-dealkylation sites (tertiary alicyclic amines) is 1. The number of urea groups is 1. The van der Waals surface area contributed by atoms with E-state index >= 15 is 0 Å². The van der Waals surface area contributed by atoms with Crippen molar-refractivity contribution in [1.29, 1.82) is 0 Å². The number of aliphatic carboxylic acids is 1. The molecule has 0 aromatic carbocycles. The van der Waals surface area contributed by atoms with Crippen molar-refractivity contribution in [1.82, 2.24) is 10.2 Å². The number of carboxylic acids is 1. The molecule has 1 fully saturated rings. The van der Waals surface area contributed by atoms with E-state index in [4.69, 9.17) is 10.8 Å². The zero-order valence-corrected chi connectivity index (χ0v) is 8.10. The summed E-state index contributed by atoms with van der Waals surface area (Å²) < 4.78 is 0. The van der Waals surface area contributed by atoms with Gasteiger partial charge in [0.05, 0.1) is 0 Å². The number of amides is 3. The molecule has 1 aliphatic heterocycles. The standard InChI is InChI=1S/C8H13N3O4/c9-7(14)5-2-1-3-11(5)8(15)10-4-6(12)13/h5H,1-4H2,(H2,9,14)(H,10,15)(H,12,13). The number of carbonyl (C=O) groups excluding carboxylic acids is 2. The van der Waals surface area contributed by atoms with E-state index in [0.29, 0.717) is 19.4 Å². The molecule has 1 atom stereocenters. The molecule has 0 aromatic rings. The summed E-state index contributed by atoms with van der Waals surface area (Å²) in [5, 5.41) is 10.5. The van der Waals surface area contributed by atoms with Crippen LogP contribution in [-0.2, 0) is 9.59 Å². The monoisotopic (exact) mass is 215 g/mol. The number of carboxylic acid groups (broad SMARTS) is 1. The van der Waals surface area contributed by atoms with Crippen LogP contribution in [0.25, 0.3) is 0 Å². The summed E-state index contributed by atoms with van der Waals surface area (Å²) in [6.45, 7) is -0.0279. The largest absolute Gasteiger partial charge is 0.480 e. The zero-order chi connectivity index (χ0) is 11.4. The van der Waals surface area contributed by atoms with Crippen LogP contribution in [0.15, 0.2) is 0 Å². The molecule has 7 nitrogen and oxygen atoms in total. The van der Waals surface area contributed by atoms with Gasteiger partial charge in [0.15, 0.2) is 0 Å². The predicted octanol–water partition coefficient (Wildman–Crippen LogP) is -1.27. The van der Waals surface area contributed by atoms with Gasteiger partial charge in [-0.2, -0.15) is 0 Å². The first-order chi connectivity index (χ1) is 7.02. The van der Waals surface area contributed by atoms with Crippen molar-refractivity contribution in [3.05, 3.63) is 0 Å². The Bertz CT molecular complexity index is 292. The van der Waals surface area contributed by atoms with Crippen LogP contribution in [0, 0.1) is 0 Å². The van der Waals surface area contributed by atoms with Gasteiger partial charge in [0.25, 0.3) is 0 Å². The smallest absolute Gasteiger partial charge is 0.323 e. The quantitative estimate of drug-likeness (QED) is 0.544. The normalized spacial score (nSPS) is 20.0. The molecule has 0 spiro atoms. The molecule has 0 aromatic heterocycles. The summed E-state index contributed by atoms with van der Waals surface area (Å²) in [6.07, 6.45) is 1.24. The van der Waals surface area contributed by atoms with Crippen LogP contribution in [0.3, 0.4) is 0 Å². The van der Waals surface area contributed by atoms with Crippen molar-refractivity contribution >= 4 is 17.9 Å². The Morgan fingerprint density at radius 2 is 2.13 bits per heavy atom. The van der Waals surface area contributed by atoms with Crippen molar-refractivity contribution in [2.75, 3.05) is 13.1 Å². The molecule has 3 amide bonds. The van der Waals surface area contributed by atoms with E-state index in [0.717, 1.165) is 0 Å². The lowest BCUT2D eigenvalue weighted by atomic mass is 10.2. The highest BCUT2D eigenvalue weighted by molar-refractivity contribution is 5.87. The Morgan fingerprint density at radius 3 is 2.67 bits per heavy atom. The highest BCUT2D eigenvalue weighted by atomic mass is 16.4. The van der Waals surface area contributed by atoms with Gasteiger partial charge in [0, 0.05) is 6.54 Å². The first-order valence-electron chi connectivity index (χ1n) is 4.58. The first kappa shape index (κ1) is 11.3. The van der Waals surface area contributed by atoms with Crippen molar-refractivity contribution in [2.45, 2.75) is 18.9 Å². The molecule has 0 aliphatic carbocycles. The summed E-state index contributed by atoms with van der Waals surface area (Å²) >= 11 is 0. The molecule has 1 rings (SSSR count). The topological polar surface area (TPSA) is 113 Å². The summed E-state index contributed by atoms with van der Waals surface area (Å²) in [6, 6.07) is -1.17. The van der Waals surface area contributed by atoms with Crippen LogP contribution in [0.2, 0.25) is 0 Å². The van der Waals surface area contributed by atoms with E-state index in [2.05, 4.69) is 5.32 Å². The third-order valence-corrected chi connectivity index (χ3v) is 2.23. The van der Waals surface area contributed by atoms with Crippen LogP contribution in [0.1, 0.15) is 12.8 Å². The maximum absolute atomic E-state index is 11.4. The van der Waals surface area contributed by atoms with Gasteiger partial charge in [-0.3, -0.25) is 9.59 Å². The van der Waals surface area contributed by atoms with E-state index in [1.807, 2.05) is 0 Å². The fourth-order valence-electron chi connectivity index (χ4n) is 1.56. The minimum absolute atomic E-state index is 0.430. The molecule has 4 N–H and O–H groups in total. The Hall–Kier alpha value is -1.79. The van der Waals surface area contributed by atoms with Crippen molar-refractivity contribution in [2.24, 2.45) is 5.73 Å². The maximum atomic E-state index is 11.4. The number of primary amides is 1. The molecule has 1 unspecified atom stereocenters. The van der Waals surface area contributed by atoms with Crippen LogP contribution in [-0.4, -0.2) is 47.0 Å². The molecular formula is C8H13N3O4. The van der Waals surface area contributed by atoms with E-state index in [9.17, 15) is 14.4 Å². The Balaban J connectivity index is 2.51. The second-order valence-electron chi connectivity index (χ2n) is 3.31. The minimum Gasteiger partial charge on any atom is -0.480 e. The second-order valence-corrected chi connectivity index (χ2v) is 3.31. The van der Waals surface area contributed by atoms with E-state index in [-0.39, 0.29) is 0 Å².